The molecule has 0 aliphatic rings. The SMILES string of the molecule is CCOC(=O)CCN(C(=O)C(=O)Cl)c1cc(OC)c(OC)cc1C(C)=O. The van der Waals surface area contributed by atoms with Gasteiger partial charge in [-0.25, -0.2) is 0 Å². The van der Waals surface area contributed by atoms with Crippen LogP contribution in [0.15, 0.2) is 12.1 Å². The maximum absolute atomic E-state index is 12.3. The first-order chi connectivity index (χ1) is 12.3. The summed E-state index contributed by atoms with van der Waals surface area (Å²) in [5, 5.41) is -1.25. The maximum atomic E-state index is 12.3. The molecule has 0 aliphatic carbocycles. The highest BCUT2D eigenvalue weighted by molar-refractivity contribution is 6.82. The topological polar surface area (TPSA) is 99.2 Å². The molecule has 142 valence electrons. The van der Waals surface area contributed by atoms with Gasteiger partial charge in [0.1, 0.15) is 0 Å². The summed E-state index contributed by atoms with van der Waals surface area (Å²) in [6, 6.07) is 2.76. The van der Waals surface area contributed by atoms with Crippen LogP contribution in [0.3, 0.4) is 0 Å². The third-order valence-electron chi connectivity index (χ3n) is 3.43. The fourth-order valence-corrected chi connectivity index (χ4v) is 2.35. The van der Waals surface area contributed by atoms with Gasteiger partial charge >= 0.3 is 17.1 Å². The van der Waals surface area contributed by atoms with E-state index in [-0.39, 0.29) is 48.1 Å². The van der Waals surface area contributed by atoms with E-state index in [1.54, 1.807) is 6.92 Å². The van der Waals surface area contributed by atoms with Crippen molar-refractivity contribution in [2.24, 2.45) is 0 Å². The molecule has 0 N–H and O–H groups in total. The highest BCUT2D eigenvalue weighted by Crippen LogP contribution is 2.36. The number of hydrogen-bond acceptors (Lipinski definition) is 7. The van der Waals surface area contributed by atoms with Crippen molar-refractivity contribution in [2.75, 3.05) is 32.3 Å². The van der Waals surface area contributed by atoms with Gasteiger partial charge < -0.3 is 19.1 Å². The predicted octanol–water partition coefficient (Wildman–Crippen LogP) is 1.96. The summed E-state index contributed by atoms with van der Waals surface area (Å²) in [6.45, 7) is 2.91. The number of ether oxygens (including phenoxy) is 3. The predicted molar refractivity (Wildman–Crippen MR) is 94.0 cm³/mol. The van der Waals surface area contributed by atoms with Gasteiger partial charge in [-0.2, -0.15) is 0 Å². The molecule has 26 heavy (non-hydrogen) atoms. The molecule has 0 spiro atoms. The van der Waals surface area contributed by atoms with Crippen molar-refractivity contribution >= 4 is 40.2 Å². The molecule has 0 unspecified atom stereocenters. The average Bonchev–Trinajstić information content (AvgIpc) is 2.60. The van der Waals surface area contributed by atoms with E-state index in [0.29, 0.717) is 0 Å². The molecule has 0 atom stereocenters. The molecule has 0 bridgehead atoms. The zero-order chi connectivity index (χ0) is 19.9. The van der Waals surface area contributed by atoms with Crippen molar-refractivity contribution in [1.82, 2.24) is 0 Å². The molecule has 1 rings (SSSR count). The second-order valence-electron chi connectivity index (χ2n) is 5.07. The lowest BCUT2D eigenvalue weighted by molar-refractivity contribution is -0.143. The second kappa shape index (κ2) is 9.76. The number of anilines is 1. The van der Waals surface area contributed by atoms with Crippen LogP contribution in [-0.4, -0.2) is 50.3 Å². The average molecular weight is 386 g/mol. The summed E-state index contributed by atoms with van der Waals surface area (Å²) in [5.41, 5.74) is 0.191. The Hall–Kier alpha value is -2.61. The number of hydrogen-bond donors (Lipinski definition) is 0. The van der Waals surface area contributed by atoms with E-state index in [1.807, 2.05) is 0 Å². The lowest BCUT2D eigenvalue weighted by Crippen LogP contribution is -2.37. The van der Waals surface area contributed by atoms with Gasteiger partial charge in [0.05, 0.1) is 32.9 Å². The number of halogens is 1. The Morgan fingerprint density at radius 2 is 1.65 bits per heavy atom. The fourth-order valence-electron chi connectivity index (χ4n) is 2.25. The zero-order valence-corrected chi connectivity index (χ0v) is 15.7. The molecule has 1 aromatic rings. The van der Waals surface area contributed by atoms with Crippen LogP contribution in [0, 0.1) is 0 Å². The molecule has 0 saturated carbocycles. The summed E-state index contributed by atoms with van der Waals surface area (Å²) in [5.74, 6) is -1.50. The zero-order valence-electron chi connectivity index (χ0n) is 15.0. The molecule has 0 fully saturated rings. The van der Waals surface area contributed by atoms with Gasteiger partial charge in [0, 0.05) is 18.2 Å². The Morgan fingerprint density at radius 3 is 2.12 bits per heavy atom. The normalized spacial score (nSPS) is 10.0. The summed E-state index contributed by atoms with van der Waals surface area (Å²) >= 11 is 5.33. The first-order valence-electron chi connectivity index (χ1n) is 7.70. The Kier molecular flexibility index (Phi) is 8.05. The van der Waals surface area contributed by atoms with Crippen molar-refractivity contribution in [3.8, 4) is 11.5 Å². The van der Waals surface area contributed by atoms with Crippen molar-refractivity contribution in [3.63, 3.8) is 0 Å². The summed E-state index contributed by atoms with van der Waals surface area (Å²) in [4.78, 5) is 48.3. The van der Waals surface area contributed by atoms with Gasteiger partial charge in [0.15, 0.2) is 17.3 Å². The second-order valence-corrected chi connectivity index (χ2v) is 5.41. The molecule has 0 heterocycles. The maximum Gasteiger partial charge on any atom is 0.311 e. The molecule has 9 heteroatoms. The number of esters is 1. The quantitative estimate of drug-likeness (QED) is 0.277. The van der Waals surface area contributed by atoms with E-state index >= 15 is 0 Å². The summed E-state index contributed by atoms with van der Waals surface area (Å²) in [7, 11) is 2.78. The minimum absolute atomic E-state index is 0.0819. The third kappa shape index (κ3) is 5.19. The molecular weight excluding hydrogens is 366 g/mol. The lowest BCUT2D eigenvalue weighted by Gasteiger charge is -2.24. The first kappa shape index (κ1) is 21.4. The third-order valence-corrected chi connectivity index (χ3v) is 3.59. The molecule has 8 nitrogen and oxygen atoms in total. The number of ketones is 1. The Morgan fingerprint density at radius 1 is 1.08 bits per heavy atom. The summed E-state index contributed by atoms with van der Waals surface area (Å²) < 4.78 is 15.2. The van der Waals surface area contributed by atoms with Gasteiger partial charge in [-0.3, -0.25) is 19.2 Å². The van der Waals surface area contributed by atoms with Gasteiger partial charge in [0.25, 0.3) is 0 Å². The summed E-state index contributed by atoms with van der Waals surface area (Å²) in [6.07, 6.45) is -0.185. The molecule has 1 amide bonds. The van der Waals surface area contributed by atoms with Crippen molar-refractivity contribution in [3.05, 3.63) is 17.7 Å². The lowest BCUT2D eigenvalue weighted by atomic mass is 10.1. The standard InChI is InChI=1S/C17H20ClNO7/c1-5-26-15(21)6-7-19(17(23)16(18)22)12-9-14(25-4)13(24-3)8-11(12)10(2)20/h8-9H,5-7H2,1-4H3. The molecule has 0 aliphatic heterocycles. The fraction of sp³-hybridized carbons (Fsp3) is 0.412. The number of carbonyl (C=O) groups excluding carboxylic acids is 4. The van der Waals surface area contributed by atoms with Crippen LogP contribution < -0.4 is 14.4 Å². The van der Waals surface area contributed by atoms with Gasteiger partial charge in [-0.1, -0.05) is 0 Å². The van der Waals surface area contributed by atoms with Crippen molar-refractivity contribution < 1.29 is 33.4 Å². The highest BCUT2D eigenvalue weighted by Gasteiger charge is 2.27. The van der Waals surface area contributed by atoms with E-state index < -0.39 is 17.1 Å². The number of carbonyl (C=O) groups is 4. The smallest absolute Gasteiger partial charge is 0.311 e. The van der Waals surface area contributed by atoms with Crippen LogP contribution in [0.4, 0.5) is 5.69 Å². The highest BCUT2D eigenvalue weighted by atomic mass is 35.5. The minimum Gasteiger partial charge on any atom is -0.493 e. The molecule has 0 saturated heterocycles. The monoisotopic (exact) mass is 385 g/mol. The van der Waals surface area contributed by atoms with E-state index in [0.717, 1.165) is 4.90 Å². The van der Waals surface area contributed by atoms with E-state index in [1.165, 1.54) is 33.3 Å². The number of Topliss-reactive ketones (excluding diaryl/α,β-unsaturated/α-hetero) is 1. The van der Waals surface area contributed by atoms with Crippen molar-refractivity contribution in [1.29, 1.82) is 0 Å². The Balaban J connectivity index is 3.43. The van der Waals surface area contributed by atoms with E-state index in [9.17, 15) is 19.2 Å². The Labute approximate surface area is 155 Å². The minimum atomic E-state index is -1.25. The first-order valence-corrected chi connectivity index (χ1v) is 8.08. The van der Waals surface area contributed by atoms with Gasteiger partial charge in [-0.15, -0.1) is 0 Å². The molecular formula is C17H20ClNO7. The number of amides is 1. The number of nitrogens with zero attached hydrogens (tertiary/aromatic N) is 1. The number of benzene rings is 1. The van der Waals surface area contributed by atoms with Crippen LogP contribution >= 0.6 is 11.6 Å². The van der Waals surface area contributed by atoms with Gasteiger partial charge in [-0.05, 0) is 31.5 Å². The van der Waals surface area contributed by atoms with Gasteiger partial charge in [0.2, 0.25) is 0 Å². The van der Waals surface area contributed by atoms with Crippen molar-refractivity contribution in [2.45, 2.75) is 20.3 Å². The van der Waals surface area contributed by atoms with Crippen LogP contribution in [-0.2, 0) is 19.1 Å². The largest absolute Gasteiger partial charge is 0.493 e. The van der Waals surface area contributed by atoms with Crippen LogP contribution in [0.25, 0.3) is 0 Å². The number of rotatable bonds is 9. The molecule has 1 aromatic carbocycles. The molecule has 0 radical (unpaired) electrons. The molecule has 0 aromatic heterocycles. The number of methoxy groups -OCH3 is 2. The van der Waals surface area contributed by atoms with E-state index in [2.05, 4.69) is 0 Å². The van der Waals surface area contributed by atoms with Crippen LogP contribution in [0.2, 0.25) is 0 Å². The van der Waals surface area contributed by atoms with E-state index in [4.69, 9.17) is 25.8 Å². The van der Waals surface area contributed by atoms with Crippen LogP contribution in [0.5, 0.6) is 11.5 Å². The van der Waals surface area contributed by atoms with Crippen LogP contribution in [0.1, 0.15) is 30.6 Å². The Bertz CT molecular complexity index is 717.